The standard InChI is InChI=1S/C30H35NO7/c1-18-26(29(33)38-13-12-37-19-10-8-7-9-11-19)27(28-21(31-18)16-30(2,3)17-22(28)32)20-14-24(35-5)25(36-6)15-23(20)34-4/h7-11,14-15,27,31H,12-13,16-17H2,1-6H3. The first kappa shape index (κ1) is 27.1. The number of hydrogen-bond donors (Lipinski definition) is 1. The van der Waals surface area contributed by atoms with E-state index in [9.17, 15) is 9.59 Å². The topological polar surface area (TPSA) is 92.3 Å². The molecule has 2 aliphatic rings. The van der Waals surface area contributed by atoms with Gasteiger partial charge in [0, 0.05) is 35.0 Å². The predicted octanol–water partition coefficient (Wildman–Crippen LogP) is 4.94. The molecule has 2 aromatic rings. The number of rotatable bonds is 9. The molecule has 0 saturated heterocycles. The Morgan fingerprint density at radius 1 is 0.947 bits per heavy atom. The molecular weight excluding hydrogens is 486 g/mol. The first-order valence-corrected chi connectivity index (χ1v) is 12.6. The normalized spacial score (nSPS) is 18.4. The molecule has 1 N–H and O–H groups in total. The Hall–Kier alpha value is -3.94. The van der Waals surface area contributed by atoms with Crippen molar-refractivity contribution in [3.8, 4) is 23.0 Å². The fourth-order valence-corrected chi connectivity index (χ4v) is 5.18. The number of nitrogens with one attached hydrogen (secondary N) is 1. The Morgan fingerprint density at radius 3 is 2.26 bits per heavy atom. The van der Waals surface area contributed by atoms with Gasteiger partial charge in [-0.05, 0) is 37.0 Å². The Morgan fingerprint density at radius 2 is 1.61 bits per heavy atom. The zero-order valence-electron chi connectivity index (χ0n) is 22.8. The molecule has 4 rings (SSSR count). The van der Waals surface area contributed by atoms with E-state index >= 15 is 0 Å². The summed E-state index contributed by atoms with van der Waals surface area (Å²) >= 11 is 0. The molecule has 0 radical (unpaired) electrons. The summed E-state index contributed by atoms with van der Waals surface area (Å²) in [5.74, 6) is 0.867. The molecule has 0 aromatic heterocycles. The SMILES string of the molecule is COc1cc(OC)c(C2C(C(=O)OCCOc3ccccc3)=C(C)NC3=C2C(=O)CC(C)(C)C3)cc1OC. The Bertz CT molecular complexity index is 1280. The van der Waals surface area contributed by atoms with Crippen molar-refractivity contribution < 1.29 is 33.3 Å². The van der Waals surface area contributed by atoms with E-state index in [1.807, 2.05) is 37.3 Å². The number of carbonyl (C=O) groups excluding carboxylic acids is 2. The predicted molar refractivity (Wildman–Crippen MR) is 143 cm³/mol. The molecule has 2 aromatic carbocycles. The molecular formula is C30H35NO7. The highest BCUT2D eigenvalue weighted by Gasteiger charge is 2.44. The van der Waals surface area contributed by atoms with Crippen molar-refractivity contribution >= 4 is 11.8 Å². The van der Waals surface area contributed by atoms with Crippen molar-refractivity contribution in [2.75, 3.05) is 34.5 Å². The molecule has 1 unspecified atom stereocenters. The molecule has 1 atom stereocenters. The van der Waals surface area contributed by atoms with Crippen LogP contribution in [0.15, 0.2) is 65.0 Å². The smallest absolute Gasteiger partial charge is 0.336 e. The highest BCUT2D eigenvalue weighted by Crippen LogP contribution is 2.50. The van der Waals surface area contributed by atoms with E-state index in [2.05, 4.69) is 19.2 Å². The van der Waals surface area contributed by atoms with Crippen LogP contribution in [0.2, 0.25) is 0 Å². The second kappa shape index (κ2) is 11.2. The largest absolute Gasteiger partial charge is 0.496 e. The van der Waals surface area contributed by atoms with Gasteiger partial charge >= 0.3 is 5.97 Å². The Kier molecular flexibility index (Phi) is 7.99. The van der Waals surface area contributed by atoms with Gasteiger partial charge in [0.2, 0.25) is 0 Å². The molecule has 8 nitrogen and oxygen atoms in total. The summed E-state index contributed by atoms with van der Waals surface area (Å²) < 4.78 is 28.1. The van der Waals surface area contributed by atoms with Gasteiger partial charge in [-0.15, -0.1) is 0 Å². The first-order chi connectivity index (χ1) is 18.2. The van der Waals surface area contributed by atoms with Gasteiger partial charge in [0.05, 0.1) is 32.8 Å². The summed E-state index contributed by atoms with van der Waals surface area (Å²) in [5, 5.41) is 3.35. The van der Waals surface area contributed by atoms with Gasteiger partial charge in [-0.1, -0.05) is 32.0 Å². The van der Waals surface area contributed by atoms with Crippen molar-refractivity contribution in [1.29, 1.82) is 0 Å². The number of allylic oxidation sites excluding steroid dienone is 3. The maximum atomic E-state index is 13.6. The van der Waals surface area contributed by atoms with Crippen LogP contribution >= 0.6 is 0 Å². The minimum absolute atomic E-state index is 0.0178. The zero-order chi connectivity index (χ0) is 27.4. The molecule has 38 heavy (non-hydrogen) atoms. The molecule has 1 aliphatic heterocycles. The third kappa shape index (κ3) is 5.49. The van der Waals surface area contributed by atoms with Crippen LogP contribution in [0.1, 0.15) is 45.1 Å². The van der Waals surface area contributed by atoms with Gasteiger partial charge in [0.25, 0.3) is 0 Å². The Balaban J connectivity index is 1.72. The summed E-state index contributed by atoms with van der Waals surface area (Å²) in [6, 6.07) is 12.8. The third-order valence-electron chi connectivity index (χ3n) is 6.83. The average molecular weight is 522 g/mol. The van der Waals surface area contributed by atoms with Crippen LogP contribution in [0.25, 0.3) is 0 Å². The fourth-order valence-electron chi connectivity index (χ4n) is 5.18. The second-order valence-corrected chi connectivity index (χ2v) is 10.2. The van der Waals surface area contributed by atoms with Crippen LogP contribution in [0, 0.1) is 5.41 Å². The van der Waals surface area contributed by atoms with E-state index < -0.39 is 11.9 Å². The minimum atomic E-state index is -0.702. The maximum absolute atomic E-state index is 13.6. The monoisotopic (exact) mass is 521 g/mol. The van der Waals surface area contributed by atoms with Crippen molar-refractivity contribution in [2.45, 2.75) is 39.5 Å². The summed E-state index contributed by atoms with van der Waals surface area (Å²) in [4.78, 5) is 27.2. The summed E-state index contributed by atoms with van der Waals surface area (Å²) in [5.41, 5.74) is 2.76. The van der Waals surface area contributed by atoms with Crippen LogP contribution in [0.3, 0.4) is 0 Å². The van der Waals surface area contributed by atoms with Gasteiger partial charge in [0.15, 0.2) is 17.3 Å². The van der Waals surface area contributed by atoms with E-state index in [4.69, 9.17) is 23.7 Å². The van der Waals surface area contributed by atoms with E-state index in [-0.39, 0.29) is 24.4 Å². The van der Waals surface area contributed by atoms with E-state index in [0.717, 1.165) is 5.70 Å². The van der Waals surface area contributed by atoms with Crippen LogP contribution in [0.5, 0.6) is 23.0 Å². The van der Waals surface area contributed by atoms with E-state index in [1.54, 1.807) is 33.5 Å². The van der Waals surface area contributed by atoms with Crippen molar-refractivity contribution in [1.82, 2.24) is 5.32 Å². The van der Waals surface area contributed by atoms with Crippen molar-refractivity contribution in [3.05, 3.63) is 70.6 Å². The molecule has 0 fully saturated rings. The van der Waals surface area contributed by atoms with Crippen LogP contribution in [0.4, 0.5) is 0 Å². The van der Waals surface area contributed by atoms with Gasteiger partial charge in [-0.2, -0.15) is 0 Å². The highest BCUT2D eigenvalue weighted by atomic mass is 16.6. The maximum Gasteiger partial charge on any atom is 0.336 e. The lowest BCUT2D eigenvalue weighted by molar-refractivity contribution is -0.140. The van der Waals surface area contributed by atoms with Crippen LogP contribution in [-0.2, 0) is 14.3 Å². The van der Waals surface area contributed by atoms with Gasteiger partial charge in [-0.3, -0.25) is 4.79 Å². The molecule has 0 bridgehead atoms. The molecule has 0 spiro atoms. The fraction of sp³-hybridized carbons (Fsp3) is 0.400. The van der Waals surface area contributed by atoms with Crippen LogP contribution < -0.4 is 24.3 Å². The van der Waals surface area contributed by atoms with E-state index in [0.29, 0.717) is 58.2 Å². The number of benzene rings is 2. The zero-order valence-corrected chi connectivity index (χ0v) is 22.8. The Labute approximate surface area is 223 Å². The first-order valence-electron chi connectivity index (χ1n) is 12.6. The number of hydrogen-bond acceptors (Lipinski definition) is 8. The molecule has 0 saturated carbocycles. The molecule has 1 heterocycles. The lowest BCUT2D eigenvalue weighted by Crippen LogP contribution is -2.39. The lowest BCUT2D eigenvalue weighted by Gasteiger charge is -2.39. The third-order valence-corrected chi connectivity index (χ3v) is 6.83. The molecule has 202 valence electrons. The molecule has 8 heteroatoms. The molecule has 1 aliphatic carbocycles. The van der Waals surface area contributed by atoms with Crippen molar-refractivity contribution in [2.24, 2.45) is 5.41 Å². The van der Waals surface area contributed by atoms with Gasteiger partial charge < -0.3 is 29.0 Å². The average Bonchev–Trinajstić information content (AvgIpc) is 2.89. The number of Topliss-reactive ketones (excluding diaryl/α,β-unsaturated/α-hetero) is 1. The summed E-state index contributed by atoms with van der Waals surface area (Å²) in [6.45, 7) is 6.21. The van der Waals surface area contributed by atoms with Crippen LogP contribution in [-0.4, -0.2) is 46.3 Å². The number of esters is 1. The lowest BCUT2D eigenvalue weighted by atomic mass is 9.68. The number of methoxy groups -OCH3 is 3. The molecule has 0 amide bonds. The highest BCUT2D eigenvalue weighted by molar-refractivity contribution is 6.04. The summed E-state index contributed by atoms with van der Waals surface area (Å²) in [7, 11) is 4.63. The van der Waals surface area contributed by atoms with Gasteiger partial charge in [0.1, 0.15) is 24.7 Å². The number of para-hydroxylation sites is 1. The quantitative estimate of drug-likeness (QED) is 0.367. The number of ketones is 1. The van der Waals surface area contributed by atoms with Crippen molar-refractivity contribution in [3.63, 3.8) is 0 Å². The summed E-state index contributed by atoms with van der Waals surface area (Å²) in [6.07, 6.45) is 1.04. The van der Waals surface area contributed by atoms with E-state index in [1.165, 1.54) is 0 Å². The second-order valence-electron chi connectivity index (χ2n) is 10.2. The minimum Gasteiger partial charge on any atom is -0.496 e. The van der Waals surface area contributed by atoms with Gasteiger partial charge in [-0.25, -0.2) is 4.79 Å². The number of dihydropyridines is 1. The number of ether oxygens (including phenoxy) is 5. The number of carbonyl (C=O) groups is 2.